The summed E-state index contributed by atoms with van der Waals surface area (Å²) in [6.07, 6.45) is -0.288. The molecule has 0 aliphatic carbocycles. The van der Waals surface area contributed by atoms with E-state index in [4.69, 9.17) is 9.47 Å². The summed E-state index contributed by atoms with van der Waals surface area (Å²) in [5.41, 5.74) is 0.629. The largest absolute Gasteiger partial charge is 0.497 e. The summed E-state index contributed by atoms with van der Waals surface area (Å²) in [7, 11) is 0.127. The van der Waals surface area contributed by atoms with Gasteiger partial charge in [0, 0.05) is 18.7 Å². The molecule has 0 saturated carbocycles. The van der Waals surface area contributed by atoms with Crippen molar-refractivity contribution in [1.29, 1.82) is 0 Å². The van der Waals surface area contributed by atoms with E-state index < -0.39 is 15.9 Å². The summed E-state index contributed by atoms with van der Waals surface area (Å²) >= 11 is 0. The van der Waals surface area contributed by atoms with Crippen LogP contribution in [0.3, 0.4) is 0 Å². The van der Waals surface area contributed by atoms with Crippen LogP contribution in [0.5, 0.6) is 11.5 Å². The zero-order valence-corrected chi connectivity index (χ0v) is 16.2. The minimum absolute atomic E-state index is 0.104. The molecule has 8 nitrogen and oxygen atoms in total. The lowest BCUT2D eigenvalue weighted by molar-refractivity contribution is 0.186. The summed E-state index contributed by atoms with van der Waals surface area (Å²) in [5, 5.41) is 16.6. The molecule has 1 aliphatic heterocycles. The number of hydrogen-bond donors (Lipinski definition) is 3. The number of ether oxygens (including phenoxy) is 2. The number of guanidine groups is 1. The molecule has 1 heterocycles. The van der Waals surface area contributed by atoms with Crippen LogP contribution in [0, 0.1) is 0 Å². The molecule has 3 N–H and O–H groups in total. The van der Waals surface area contributed by atoms with Crippen molar-refractivity contribution >= 4 is 15.8 Å². The molecule has 1 fully saturated rings. The molecular weight excluding hydrogens is 358 g/mol. The van der Waals surface area contributed by atoms with Gasteiger partial charge in [0.05, 0.1) is 38.4 Å². The first-order chi connectivity index (χ1) is 12.4. The van der Waals surface area contributed by atoms with Crippen molar-refractivity contribution in [2.45, 2.75) is 25.5 Å². The van der Waals surface area contributed by atoms with Crippen molar-refractivity contribution < 1.29 is 23.0 Å². The quantitative estimate of drug-likeness (QED) is 0.463. The van der Waals surface area contributed by atoms with E-state index in [-0.39, 0.29) is 24.1 Å². The number of nitrogens with zero attached hydrogens (tertiary/aromatic N) is 1. The zero-order valence-electron chi connectivity index (χ0n) is 15.4. The molecule has 0 radical (unpaired) electrons. The molecule has 1 aromatic carbocycles. The molecule has 146 valence electrons. The van der Waals surface area contributed by atoms with Gasteiger partial charge in [0.25, 0.3) is 0 Å². The molecule has 2 unspecified atom stereocenters. The minimum Gasteiger partial charge on any atom is -0.497 e. The van der Waals surface area contributed by atoms with Crippen LogP contribution in [-0.2, 0) is 9.84 Å². The van der Waals surface area contributed by atoms with Crippen molar-refractivity contribution in [3.63, 3.8) is 0 Å². The highest BCUT2D eigenvalue weighted by atomic mass is 32.2. The highest BCUT2D eigenvalue weighted by molar-refractivity contribution is 7.91. The number of aliphatic hydroxyl groups is 1. The maximum absolute atomic E-state index is 11.6. The van der Waals surface area contributed by atoms with E-state index in [2.05, 4.69) is 15.6 Å². The summed E-state index contributed by atoms with van der Waals surface area (Å²) in [6.45, 7) is 2.67. The molecular formula is C17H27N3O5S. The lowest BCUT2D eigenvalue weighted by Gasteiger charge is -2.17. The van der Waals surface area contributed by atoms with Gasteiger partial charge in [-0.25, -0.2) is 8.42 Å². The fraction of sp³-hybridized carbons (Fsp3) is 0.588. The summed E-state index contributed by atoms with van der Waals surface area (Å²) in [5.74, 6) is 1.96. The molecule has 1 saturated heterocycles. The van der Waals surface area contributed by atoms with Crippen LogP contribution in [0.25, 0.3) is 0 Å². The number of hydrogen-bond acceptors (Lipinski definition) is 6. The monoisotopic (exact) mass is 385 g/mol. The van der Waals surface area contributed by atoms with Gasteiger partial charge >= 0.3 is 0 Å². The third kappa shape index (κ3) is 5.77. The van der Waals surface area contributed by atoms with Crippen LogP contribution in [0.1, 0.15) is 25.0 Å². The van der Waals surface area contributed by atoms with Crippen LogP contribution < -0.4 is 20.1 Å². The van der Waals surface area contributed by atoms with Crippen LogP contribution in [0.15, 0.2) is 23.2 Å². The lowest BCUT2D eigenvalue weighted by Crippen LogP contribution is -2.44. The molecule has 9 heteroatoms. The Bertz CT molecular complexity index is 714. The Labute approximate surface area is 154 Å². The van der Waals surface area contributed by atoms with Crippen LogP contribution in [-0.4, -0.2) is 64.3 Å². The number of rotatable bonds is 7. The Morgan fingerprint density at radius 2 is 1.96 bits per heavy atom. The Kier molecular flexibility index (Phi) is 7.10. The Hall–Kier alpha value is -2.00. The van der Waals surface area contributed by atoms with Crippen molar-refractivity contribution in [3.05, 3.63) is 23.8 Å². The second-order valence-corrected chi connectivity index (χ2v) is 8.35. The first-order valence-corrected chi connectivity index (χ1v) is 10.3. The van der Waals surface area contributed by atoms with Gasteiger partial charge in [-0.05, 0) is 31.0 Å². The second kappa shape index (κ2) is 9.09. The molecule has 0 spiro atoms. The maximum Gasteiger partial charge on any atom is 0.191 e. The minimum atomic E-state index is -2.97. The van der Waals surface area contributed by atoms with Gasteiger partial charge in [-0.15, -0.1) is 0 Å². The van der Waals surface area contributed by atoms with Crippen LogP contribution in [0.2, 0.25) is 0 Å². The van der Waals surface area contributed by atoms with Gasteiger partial charge in [-0.2, -0.15) is 0 Å². The van der Waals surface area contributed by atoms with E-state index >= 15 is 0 Å². The van der Waals surface area contributed by atoms with Gasteiger partial charge in [-0.3, -0.25) is 4.99 Å². The molecule has 1 aromatic rings. The van der Waals surface area contributed by atoms with Crippen molar-refractivity contribution in [2.75, 3.05) is 38.8 Å². The summed E-state index contributed by atoms with van der Waals surface area (Å²) in [6, 6.07) is 5.03. The van der Waals surface area contributed by atoms with E-state index in [1.165, 1.54) is 0 Å². The number of benzene rings is 1. The van der Waals surface area contributed by atoms with E-state index in [0.29, 0.717) is 36.0 Å². The third-order valence-electron chi connectivity index (χ3n) is 4.10. The highest BCUT2D eigenvalue weighted by Crippen LogP contribution is 2.26. The van der Waals surface area contributed by atoms with E-state index in [0.717, 1.165) is 0 Å². The molecule has 0 amide bonds. The van der Waals surface area contributed by atoms with E-state index in [1.807, 2.05) is 6.92 Å². The molecule has 1 aliphatic rings. The van der Waals surface area contributed by atoms with E-state index in [1.54, 1.807) is 32.4 Å². The van der Waals surface area contributed by atoms with Crippen molar-refractivity contribution in [3.8, 4) is 11.5 Å². The number of aliphatic imine (C=N–C) groups is 1. The summed E-state index contributed by atoms with van der Waals surface area (Å²) in [4.78, 5) is 4.38. The van der Waals surface area contributed by atoms with Crippen molar-refractivity contribution in [1.82, 2.24) is 10.6 Å². The van der Waals surface area contributed by atoms with Gasteiger partial charge < -0.3 is 25.2 Å². The average molecular weight is 385 g/mol. The molecule has 0 aromatic heterocycles. The highest BCUT2D eigenvalue weighted by Gasteiger charge is 2.28. The Balaban J connectivity index is 2.06. The van der Waals surface area contributed by atoms with Gasteiger partial charge in [0.15, 0.2) is 15.8 Å². The zero-order chi connectivity index (χ0) is 19.2. The molecule has 26 heavy (non-hydrogen) atoms. The predicted molar refractivity (Wildman–Crippen MR) is 101 cm³/mol. The first-order valence-electron chi connectivity index (χ1n) is 8.53. The molecule has 0 bridgehead atoms. The number of sulfone groups is 1. The Morgan fingerprint density at radius 1 is 1.31 bits per heavy atom. The average Bonchev–Trinajstić information content (AvgIpc) is 2.97. The molecule has 2 atom stereocenters. The first kappa shape index (κ1) is 20.3. The normalized spacial score (nSPS) is 20.5. The number of methoxy groups -OCH3 is 2. The fourth-order valence-electron chi connectivity index (χ4n) is 2.73. The van der Waals surface area contributed by atoms with Gasteiger partial charge in [-0.1, -0.05) is 0 Å². The topological polar surface area (TPSA) is 109 Å². The predicted octanol–water partition coefficient (Wildman–Crippen LogP) is 0.479. The standard InChI is InChI=1S/C17H27N3O5S/c1-4-18-17(20-13-5-6-26(22,23)11-13)19-10-16(21)12-7-14(24-2)9-15(8-12)25-3/h7-9,13,16,21H,4-6,10-11H2,1-3H3,(H2,18,19,20). The lowest BCUT2D eigenvalue weighted by atomic mass is 10.1. The van der Waals surface area contributed by atoms with Gasteiger partial charge in [0.1, 0.15) is 11.5 Å². The number of aliphatic hydroxyl groups excluding tert-OH is 1. The summed E-state index contributed by atoms with van der Waals surface area (Å²) < 4.78 is 33.6. The molecule has 2 rings (SSSR count). The second-order valence-electron chi connectivity index (χ2n) is 6.13. The third-order valence-corrected chi connectivity index (χ3v) is 5.87. The Morgan fingerprint density at radius 3 is 2.46 bits per heavy atom. The van der Waals surface area contributed by atoms with Crippen LogP contribution >= 0.6 is 0 Å². The maximum atomic E-state index is 11.6. The fourth-order valence-corrected chi connectivity index (χ4v) is 4.40. The van der Waals surface area contributed by atoms with Crippen molar-refractivity contribution in [2.24, 2.45) is 4.99 Å². The SMILES string of the molecule is CCNC(=NCC(O)c1cc(OC)cc(OC)c1)NC1CCS(=O)(=O)C1. The van der Waals surface area contributed by atoms with Crippen LogP contribution in [0.4, 0.5) is 0 Å². The van der Waals surface area contributed by atoms with Gasteiger partial charge in [0.2, 0.25) is 0 Å². The number of nitrogens with one attached hydrogen (secondary N) is 2. The smallest absolute Gasteiger partial charge is 0.191 e. The van der Waals surface area contributed by atoms with E-state index in [9.17, 15) is 13.5 Å².